The number of Topliss-reactive ketones (excluding diaryl/α,β-unsaturated/α-hetero) is 3. The Morgan fingerprint density at radius 2 is 0.534 bits per heavy atom. The SMILES string of the molecule is CCCCOC(OCCCC)C(=O)C(CC)C(=O)[O][Al]([O]C(=O)C(CC)C(=O)C(OCCCC)OCCCC)[O]C(=O)C(CC)C(=O)C(OCCCC)OCCCC. The average Bonchev–Trinajstić information content (AvgIpc) is 3.20. The second-order valence-corrected chi connectivity index (χ2v) is 15.3. The van der Waals surface area contributed by atoms with Gasteiger partial charge in [-0.25, -0.2) is 0 Å². The minimum Gasteiger partial charge on any atom is -0.550 e. The van der Waals surface area contributed by atoms with E-state index >= 15 is 0 Å². The molecule has 58 heavy (non-hydrogen) atoms. The predicted molar refractivity (Wildman–Crippen MR) is 217 cm³/mol. The van der Waals surface area contributed by atoms with Crippen molar-refractivity contribution in [2.75, 3.05) is 39.6 Å². The molecule has 0 aromatic heterocycles. The molecule has 0 saturated heterocycles. The maximum absolute atomic E-state index is 13.8. The molecule has 3 unspecified atom stereocenters. The highest BCUT2D eigenvalue weighted by Crippen LogP contribution is 2.20. The maximum atomic E-state index is 13.8. The molecule has 0 rings (SSSR count). The van der Waals surface area contributed by atoms with Gasteiger partial charge in [-0.2, -0.15) is 0 Å². The van der Waals surface area contributed by atoms with Crippen LogP contribution >= 0.6 is 0 Å². The van der Waals surface area contributed by atoms with Gasteiger partial charge in [-0.15, -0.1) is 0 Å². The summed E-state index contributed by atoms with van der Waals surface area (Å²) in [5.41, 5.74) is 0. The van der Waals surface area contributed by atoms with Crippen LogP contribution in [0.4, 0.5) is 0 Å². The lowest BCUT2D eigenvalue weighted by molar-refractivity contribution is -0.180. The summed E-state index contributed by atoms with van der Waals surface area (Å²) in [6, 6.07) is 0. The zero-order valence-corrected chi connectivity index (χ0v) is 38.2. The summed E-state index contributed by atoms with van der Waals surface area (Å²) < 4.78 is 51.1. The number of hydrogen-bond donors (Lipinski definition) is 0. The molecule has 0 aromatic rings. The van der Waals surface area contributed by atoms with E-state index in [9.17, 15) is 28.8 Å². The van der Waals surface area contributed by atoms with Crippen LogP contribution in [-0.4, -0.2) is 109 Å². The van der Waals surface area contributed by atoms with Crippen LogP contribution < -0.4 is 0 Å². The number of unbranched alkanes of at least 4 members (excludes halogenated alkanes) is 6. The topological polar surface area (TPSA) is 185 Å². The maximum Gasteiger partial charge on any atom is 1.20 e. The van der Waals surface area contributed by atoms with E-state index in [1.165, 1.54) is 0 Å². The molecule has 0 aliphatic carbocycles. The van der Waals surface area contributed by atoms with Crippen LogP contribution in [0.15, 0.2) is 0 Å². The van der Waals surface area contributed by atoms with Gasteiger partial charge in [0.15, 0.2) is 0 Å². The summed E-state index contributed by atoms with van der Waals surface area (Å²) in [4.78, 5) is 82.5. The van der Waals surface area contributed by atoms with Gasteiger partial charge in [0, 0.05) is 0 Å². The summed E-state index contributed by atoms with van der Waals surface area (Å²) in [7, 11) is 0. The fourth-order valence-electron chi connectivity index (χ4n) is 5.19. The first-order valence-corrected chi connectivity index (χ1v) is 23.3. The standard InChI is InChI=1S/3C14H26O5.Al/c3*1-4-7-9-18-14(19-10-8-5-2)12(15)11(6-3)13(16)17;/h3*11,14H,4-10H2,1-3H3,(H,16,17);/q;;;+3/p-3. The van der Waals surface area contributed by atoms with Gasteiger partial charge in [0.1, 0.15) is 17.8 Å². The summed E-state index contributed by atoms with van der Waals surface area (Å²) >= 11 is -4.25. The van der Waals surface area contributed by atoms with Crippen LogP contribution in [0.2, 0.25) is 0 Å². The zero-order valence-electron chi connectivity index (χ0n) is 37.0. The number of carbonyl (C=O) groups excluding carboxylic acids is 6. The molecule has 0 aliphatic heterocycles. The van der Waals surface area contributed by atoms with E-state index in [1.54, 1.807) is 20.8 Å². The highest BCUT2D eigenvalue weighted by atomic mass is 27.3. The molecule has 0 spiro atoms. The molecule has 16 heteroatoms. The average molecular weight is 847 g/mol. The van der Waals surface area contributed by atoms with Crippen molar-refractivity contribution in [3.63, 3.8) is 0 Å². The Balaban J connectivity index is 6.70. The normalized spacial score (nSPS) is 13.0. The van der Waals surface area contributed by atoms with Crippen molar-refractivity contribution >= 4 is 50.4 Å². The van der Waals surface area contributed by atoms with Crippen LogP contribution in [0.1, 0.15) is 159 Å². The van der Waals surface area contributed by atoms with Crippen molar-refractivity contribution in [2.24, 2.45) is 17.8 Å². The molecule has 0 N–H and O–H groups in total. The molecule has 15 nitrogen and oxygen atoms in total. The van der Waals surface area contributed by atoms with E-state index < -0.39 is 87.0 Å². The molecule has 3 atom stereocenters. The smallest absolute Gasteiger partial charge is 0.550 e. The summed E-state index contributed by atoms with van der Waals surface area (Å²) in [6.07, 6.45) is 4.49. The number of hydrogen-bond acceptors (Lipinski definition) is 15. The third-order valence-electron chi connectivity index (χ3n) is 9.05. The van der Waals surface area contributed by atoms with E-state index in [-0.39, 0.29) is 58.9 Å². The van der Waals surface area contributed by atoms with Crippen LogP contribution in [0.5, 0.6) is 0 Å². The molecule has 0 radical (unpaired) electrons. The highest BCUT2D eigenvalue weighted by Gasteiger charge is 2.54. The number of rotatable bonds is 39. The fraction of sp³-hybridized carbons (Fsp3) is 0.857. The van der Waals surface area contributed by atoms with Gasteiger partial charge in [-0.3, -0.25) is 28.8 Å². The Hall–Kier alpha value is -2.29. The van der Waals surface area contributed by atoms with Crippen molar-refractivity contribution in [2.45, 2.75) is 177 Å². The van der Waals surface area contributed by atoms with Gasteiger partial charge in [-0.05, 0) is 57.8 Å². The minimum absolute atomic E-state index is 0.0463. The van der Waals surface area contributed by atoms with Crippen molar-refractivity contribution in [3.05, 3.63) is 0 Å². The molecule has 0 amide bonds. The van der Waals surface area contributed by atoms with Gasteiger partial charge in [0.05, 0.1) is 39.6 Å². The monoisotopic (exact) mass is 846 g/mol. The van der Waals surface area contributed by atoms with Gasteiger partial charge in [0.25, 0.3) is 17.9 Å². The van der Waals surface area contributed by atoms with E-state index in [0.29, 0.717) is 38.5 Å². The Labute approximate surface area is 352 Å². The van der Waals surface area contributed by atoms with Gasteiger partial charge < -0.3 is 39.8 Å². The third kappa shape index (κ3) is 22.4. The largest absolute Gasteiger partial charge is 1.20 e. The first kappa shape index (κ1) is 55.7. The number of ketones is 3. The lowest BCUT2D eigenvalue weighted by atomic mass is 10.0. The van der Waals surface area contributed by atoms with Crippen LogP contribution in [0, 0.1) is 17.8 Å². The number of ether oxygens (including phenoxy) is 6. The van der Waals surface area contributed by atoms with Crippen molar-refractivity contribution in [1.29, 1.82) is 0 Å². The quantitative estimate of drug-likeness (QED) is 0.0260. The molecule has 0 aliphatic rings. The molecule has 0 heterocycles. The molecule has 0 saturated carbocycles. The lowest BCUT2D eigenvalue weighted by Crippen LogP contribution is -2.46. The summed E-state index contributed by atoms with van der Waals surface area (Å²) in [5, 5.41) is 0. The lowest BCUT2D eigenvalue weighted by Gasteiger charge is -2.25. The predicted octanol–water partition coefficient (Wildman–Crippen LogP) is 7.27. The Morgan fingerprint density at radius 1 is 0.345 bits per heavy atom. The van der Waals surface area contributed by atoms with E-state index in [0.717, 1.165) is 38.5 Å². The third-order valence-corrected chi connectivity index (χ3v) is 10.3. The van der Waals surface area contributed by atoms with Gasteiger partial charge in [0.2, 0.25) is 36.2 Å². The van der Waals surface area contributed by atoms with Crippen LogP contribution in [0.3, 0.4) is 0 Å². The second-order valence-electron chi connectivity index (χ2n) is 14.0. The van der Waals surface area contributed by atoms with Gasteiger partial charge >= 0.3 is 15.1 Å². The van der Waals surface area contributed by atoms with E-state index in [2.05, 4.69) is 0 Å². The van der Waals surface area contributed by atoms with Crippen molar-refractivity contribution < 1.29 is 68.6 Å². The molecule has 0 aromatic carbocycles. The molecular weight excluding hydrogens is 771 g/mol. The minimum atomic E-state index is -4.25. The van der Waals surface area contributed by atoms with Gasteiger partial charge in [-0.1, -0.05) is 101 Å². The Morgan fingerprint density at radius 3 is 0.690 bits per heavy atom. The Kier molecular flexibility index (Phi) is 34.1. The molecule has 0 fully saturated rings. The molecule has 336 valence electrons. The number of carbonyl (C=O) groups is 6. The fourth-order valence-corrected chi connectivity index (χ4v) is 6.40. The first-order valence-electron chi connectivity index (χ1n) is 21.9. The van der Waals surface area contributed by atoms with Crippen LogP contribution in [0.25, 0.3) is 0 Å². The van der Waals surface area contributed by atoms with E-state index in [4.69, 9.17) is 39.8 Å². The summed E-state index contributed by atoms with van der Waals surface area (Å²) in [5.74, 6) is -9.88. The highest BCUT2D eigenvalue weighted by molar-refractivity contribution is 6.45. The van der Waals surface area contributed by atoms with Crippen molar-refractivity contribution in [1.82, 2.24) is 0 Å². The second kappa shape index (κ2) is 35.5. The zero-order chi connectivity index (χ0) is 43.7. The van der Waals surface area contributed by atoms with Crippen LogP contribution in [-0.2, 0) is 68.6 Å². The molecule has 0 bridgehead atoms. The summed E-state index contributed by atoms with van der Waals surface area (Å²) in [6.45, 7) is 17.8. The Bertz CT molecular complexity index is 984. The van der Waals surface area contributed by atoms with E-state index in [1.807, 2.05) is 41.5 Å². The van der Waals surface area contributed by atoms with Crippen molar-refractivity contribution in [3.8, 4) is 0 Å². The first-order chi connectivity index (χ1) is 28.0. The molecular formula is C42H75AlO15.